The molecule has 0 amide bonds. The number of carboxylic acid groups (broad SMARTS) is 1. The molecular formula is C32H39N2O8S2+. The summed E-state index contributed by atoms with van der Waals surface area (Å²) in [5, 5.41) is 8.96. The van der Waals surface area contributed by atoms with Crippen molar-refractivity contribution in [2.24, 2.45) is 0 Å². The monoisotopic (exact) mass is 643 g/mol. The molecule has 236 valence electrons. The first-order valence-electron chi connectivity index (χ1n) is 14.3. The Morgan fingerprint density at radius 3 is 2.07 bits per heavy atom. The first-order chi connectivity index (χ1) is 20.4. The Kier molecular flexibility index (Phi) is 9.14. The fourth-order valence-electron chi connectivity index (χ4n) is 6.11. The molecule has 12 heteroatoms. The van der Waals surface area contributed by atoms with Crippen molar-refractivity contribution >= 4 is 43.3 Å². The average molecular weight is 644 g/mol. The van der Waals surface area contributed by atoms with Crippen LogP contribution < -0.4 is 4.90 Å². The van der Waals surface area contributed by atoms with Crippen LogP contribution in [-0.2, 0) is 35.9 Å². The van der Waals surface area contributed by atoms with Crippen molar-refractivity contribution in [3.05, 3.63) is 83.6 Å². The van der Waals surface area contributed by atoms with Crippen LogP contribution in [0.5, 0.6) is 0 Å². The van der Waals surface area contributed by atoms with Gasteiger partial charge in [0.1, 0.15) is 7.05 Å². The quantitative estimate of drug-likeness (QED) is 0.123. The smallest absolute Gasteiger partial charge is 0.303 e. The Labute approximate surface area is 259 Å². The van der Waals surface area contributed by atoms with Gasteiger partial charge in [0.15, 0.2) is 5.71 Å². The summed E-state index contributed by atoms with van der Waals surface area (Å²) in [7, 11) is -6.81. The minimum absolute atomic E-state index is 0.106. The first kappa shape index (κ1) is 33.3. The molecule has 0 unspecified atom stereocenters. The van der Waals surface area contributed by atoms with Crippen LogP contribution in [-0.4, -0.2) is 60.9 Å². The molecule has 2 aromatic rings. The highest BCUT2D eigenvalue weighted by molar-refractivity contribution is 7.86. The SMILES string of the molecule is C[N+]1=C(/C=C/C=C/C=C2\N(CCCCCC(=O)O)c3ccc(S(=O)(=O)O)cc3C2(C)C)C(C)(C)c2cc(S(=O)(=O)O)ccc21. The average Bonchev–Trinajstić information content (AvgIpc) is 3.25. The Morgan fingerprint density at radius 1 is 0.841 bits per heavy atom. The number of benzene rings is 2. The maximum Gasteiger partial charge on any atom is 0.303 e. The van der Waals surface area contributed by atoms with Gasteiger partial charge in [-0.2, -0.15) is 21.4 Å². The minimum Gasteiger partial charge on any atom is -0.481 e. The van der Waals surface area contributed by atoms with E-state index in [1.54, 1.807) is 12.1 Å². The number of nitrogens with zero attached hydrogens (tertiary/aromatic N) is 2. The number of allylic oxidation sites excluding steroid dienone is 6. The Balaban J connectivity index is 1.61. The summed E-state index contributed by atoms with van der Waals surface area (Å²) < 4.78 is 68.4. The topological polar surface area (TPSA) is 152 Å². The summed E-state index contributed by atoms with van der Waals surface area (Å²) in [5.74, 6) is -0.828. The summed E-state index contributed by atoms with van der Waals surface area (Å²) in [6.07, 6.45) is 11.7. The van der Waals surface area contributed by atoms with Crippen LogP contribution in [0.1, 0.15) is 64.5 Å². The molecule has 10 nitrogen and oxygen atoms in total. The first-order valence-corrected chi connectivity index (χ1v) is 17.1. The zero-order valence-electron chi connectivity index (χ0n) is 25.5. The largest absolute Gasteiger partial charge is 0.481 e. The predicted molar refractivity (Wildman–Crippen MR) is 169 cm³/mol. The van der Waals surface area contributed by atoms with E-state index in [4.69, 9.17) is 5.11 Å². The Morgan fingerprint density at radius 2 is 1.45 bits per heavy atom. The van der Waals surface area contributed by atoms with Gasteiger partial charge in [0, 0.05) is 47.5 Å². The van der Waals surface area contributed by atoms with Crippen molar-refractivity contribution in [3.8, 4) is 0 Å². The van der Waals surface area contributed by atoms with E-state index in [0.29, 0.717) is 13.0 Å². The van der Waals surface area contributed by atoms with Gasteiger partial charge in [-0.25, -0.2) is 0 Å². The number of fused-ring (bicyclic) bond motifs is 2. The van der Waals surface area contributed by atoms with E-state index in [9.17, 15) is 30.7 Å². The second-order valence-electron chi connectivity index (χ2n) is 12.2. The zero-order chi connectivity index (χ0) is 32.7. The summed E-state index contributed by atoms with van der Waals surface area (Å²) in [6.45, 7) is 8.56. The number of unbranched alkanes of at least 4 members (excludes halogenated alkanes) is 2. The number of hydrogen-bond acceptors (Lipinski definition) is 6. The van der Waals surface area contributed by atoms with Crippen molar-refractivity contribution in [3.63, 3.8) is 0 Å². The number of carboxylic acids is 1. The van der Waals surface area contributed by atoms with Crippen molar-refractivity contribution in [2.75, 3.05) is 18.5 Å². The van der Waals surface area contributed by atoms with E-state index in [1.807, 2.05) is 69.7 Å². The summed E-state index contributed by atoms with van der Waals surface area (Å²) in [4.78, 5) is 12.7. The van der Waals surface area contributed by atoms with Crippen molar-refractivity contribution in [2.45, 2.75) is 74.0 Å². The van der Waals surface area contributed by atoms with E-state index < -0.39 is 37.0 Å². The third-order valence-electron chi connectivity index (χ3n) is 8.47. The highest BCUT2D eigenvalue weighted by Crippen LogP contribution is 2.48. The fraction of sp³-hybridized carbons (Fsp3) is 0.375. The molecule has 2 aliphatic rings. The summed E-state index contributed by atoms with van der Waals surface area (Å²) >= 11 is 0. The Bertz CT molecular complexity index is 1830. The zero-order valence-corrected chi connectivity index (χ0v) is 27.1. The van der Waals surface area contributed by atoms with Crippen molar-refractivity contribution in [1.82, 2.24) is 0 Å². The molecule has 2 heterocycles. The fourth-order valence-corrected chi connectivity index (χ4v) is 7.13. The summed E-state index contributed by atoms with van der Waals surface area (Å²) in [6, 6.07) is 9.17. The molecule has 0 fully saturated rings. The van der Waals surface area contributed by atoms with Gasteiger partial charge in [-0.05, 0) is 68.7 Å². The van der Waals surface area contributed by atoms with Crippen LogP contribution >= 0.6 is 0 Å². The molecule has 0 aliphatic carbocycles. The lowest BCUT2D eigenvalue weighted by molar-refractivity contribution is -0.401. The maximum atomic E-state index is 11.9. The highest BCUT2D eigenvalue weighted by Gasteiger charge is 2.43. The molecular weight excluding hydrogens is 604 g/mol. The third kappa shape index (κ3) is 6.58. The molecule has 4 rings (SSSR count). The number of rotatable bonds is 11. The standard InChI is InChI=1S/C32H38N2O8S2/c1-31(2)24-20-22(43(37,38)39)15-17-26(24)33(5)28(31)12-8-6-9-13-29-32(3,4)25-21-23(44(40,41)42)16-18-27(25)34(29)19-11-7-10-14-30(35)36/h6,8-9,12-13,15-18,20-21H,7,10-11,14,19H2,1-5H3,(H2-,35,36,37,38,39,40,41,42)/p+1. The lowest BCUT2D eigenvalue weighted by Gasteiger charge is -2.27. The van der Waals surface area contributed by atoms with Gasteiger partial charge in [-0.15, -0.1) is 0 Å². The maximum absolute atomic E-state index is 11.9. The van der Waals surface area contributed by atoms with Crippen LogP contribution in [0.2, 0.25) is 0 Å². The van der Waals surface area contributed by atoms with Gasteiger partial charge in [0.25, 0.3) is 20.2 Å². The number of anilines is 1. The molecule has 44 heavy (non-hydrogen) atoms. The van der Waals surface area contributed by atoms with E-state index in [-0.39, 0.29) is 16.2 Å². The van der Waals surface area contributed by atoms with Gasteiger partial charge in [-0.1, -0.05) is 38.5 Å². The number of aliphatic carboxylic acids is 1. The van der Waals surface area contributed by atoms with E-state index in [2.05, 4.69) is 4.90 Å². The molecule has 0 aromatic heterocycles. The molecule has 2 aliphatic heterocycles. The predicted octanol–water partition coefficient (Wildman–Crippen LogP) is 5.63. The molecule has 3 N–H and O–H groups in total. The van der Waals surface area contributed by atoms with Crippen LogP contribution in [0.3, 0.4) is 0 Å². The molecule has 0 saturated carbocycles. The van der Waals surface area contributed by atoms with Gasteiger partial charge in [0.2, 0.25) is 5.69 Å². The second-order valence-corrected chi connectivity index (χ2v) is 15.0. The van der Waals surface area contributed by atoms with E-state index in [0.717, 1.165) is 46.8 Å². The minimum atomic E-state index is -4.38. The lowest BCUT2D eigenvalue weighted by atomic mass is 9.81. The van der Waals surface area contributed by atoms with Crippen LogP contribution in [0.25, 0.3) is 0 Å². The van der Waals surface area contributed by atoms with Gasteiger partial charge in [-0.3, -0.25) is 13.9 Å². The molecule has 0 bridgehead atoms. The number of hydrogen-bond donors (Lipinski definition) is 3. The Hall–Kier alpha value is -3.58. The van der Waals surface area contributed by atoms with Gasteiger partial charge < -0.3 is 10.0 Å². The van der Waals surface area contributed by atoms with E-state index in [1.165, 1.54) is 24.3 Å². The van der Waals surface area contributed by atoms with Gasteiger partial charge in [0.05, 0.1) is 15.2 Å². The highest BCUT2D eigenvalue weighted by atomic mass is 32.2. The van der Waals surface area contributed by atoms with E-state index >= 15 is 0 Å². The molecule has 0 spiro atoms. The molecule has 0 saturated heterocycles. The van der Waals surface area contributed by atoms with Crippen molar-refractivity contribution in [1.29, 1.82) is 0 Å². The summed E-state index contributed by atoms with van der Waals surface area (Å²) in [5.41, 5.74) is 4.00. The number of carbonyl (C=O) groups is 1. The molecule has 0 radical (unpaired) electrons. The van der Waals surface area contributed by atoms with Gasteiger partial charge >= 0.3 is 5.97 Å². The van der Waals surface area contributed by atoms with Crippen molar-refractivity contribution < 1.29 is 40.4 Å². The lowest BCUT2D eigenvalue weighted by Crippen LogP contribution is -2.27. The van der Waals surface area contributed by atoms with Crippen LogP contribution in [0, 0.1) is 0 Å². The van der Waals surface area contributed by atoms with Crippen LogP contribution in [0.4, 0.5) is 11.4 Å². The molecule has 2 aromatic carbocycles. The molecule has 0 atom stereocenters. The third-order valence-corrected chi connectivity index (χ3v) is 10.2. The second kappa shape index (κ2) is 12.1. The van der Waals surface area contributed by atoms with Crippen LogP contribution in [0.15, 0.2) is 82.3 Å². The normalized spacial score (nSPS) is 18.5.